The first kappa shape index (κ1) is 9.94. The summed E-state index contributed by atoms with van der Waals surface area (Å²) in [6.45, 7) is 5.68. The van der Waals surface area contributed by atoms with Crippen LogP contribution in [0.2, 0.25) is 0 Å². The quantitative estimate of drug-likeness (QED) is 0.524. The summed E-state index contributed by atoms with van der Waals surface area (Å²) in [5.41, 5.74) is 0. The van der Waals surface area contributed by atoms with Gasteiger partial charge in [0.15, 0.2) is 0 Å². The summed E-state index contributed by atoms with van der Waals surface area (Å²) in [7, 11) is 1.59. The van der Waals surface area contributed by atoms with Gasteiger partial charge in [-0.3, -0.25) is 10.1 Å². The van der Waals surface area contributed by atoms with E-state index in [2.05, 4.69) is 5.32 Å². The van der Waals surface area contributed by atoms with Crippen molar-refractivity contribution in [2.24, 2.45) is 0 Å². The normalized spacial score (nSPS) is 22.5. The molecule has 1 aliphatic rings. The molecular formula is C7H14N2O2. The van der Waals surface area contributed by atoms with Gasteiger partial charge >= 0.3 is 6.03 Å². The smallest absolute Gasteiger partial charge is 0.316 e. The van der Waals surface area contributed by atoms with Crippen LogP contribution in [-0.2, 0) is 4.79 Å². The number of hydrogen-bond acceptors (Lipinski definition) is 2. The maximum absolute atomic E-state index is 10.6. The van der Waals surface area contributed by atoms with E-state index in [1.165, 1.54) is 4.90 Å². The molecule has 0 unspecified atom stereocenters. The number of likely N-dealkylation sites (N-methyl/N-ethyl adjacent to an activating group) is 1. The monoisotopic (exact) mass is 158 g/mol. The lowest BCUT2D eigenvalue weighted by atomic mass is 10.3. The SMILES string of the molecule is CC.C[C@@H]1C(=O)NC(=O)N1C. The summed E-state index contributed by atoms with van der Waals surface area (Å²) >= 11 is 0. The summed E-state index contributed by atoms with van der Waals surface area (Å²) < 4.78 is 0. The van der Waals surface area contributed by atoms with Gasteiger partial charge in [-0.15, -0.1) is 0 Å². The molecule has 1 atom stereocenters. The van der Waals surface area contributed by atoms with Crippen LogP contribution in [0.4, 0.5) is 4.79 Å². The molecule has 0 aromatic carbocycles. The highest BCUT2D eigenvalue weighted by Crippen LogP contribution is 2.02. The lowest BCUT2D eigenvalue weighted by Gasteiger charge is -2.08. The average Bonchev–Trinajstić information content (AvgIpc) is 2.22. The zero-order chi connectivity index (χ0) is 9.02. The van der Waals surface area contributed by atoms with Crippen molar-refractivity contribution in [3.05, 3.63) is 0 Å². The van der Waals surface area contributed by atoms with E-state index in [1.54, 1.807) is 14.0 Å². The van der Waals surface area contributed by atoms with Crippen LogP contribution >= 0.6 is 0 Å². The van der Waals surface area contributed by atoms with E-state index in [4.69, 9.17) is 0 Å². The van der Waals surface area contributed by atoms with Crippen LogP contribution in [0.5, 0.6) is 0 Å². The van der Waals surface area contributed by atoms with Crippen molar-refractivity contribution in [1.82, 2.24) is 10.2 Å². The van der Waals surface area contributed by atoms with Gasteiger partial charge in [0.05, 0.1) is 0 Å². The van der Waals surface area contributed by atoms with E-state index in [0.717, 1.165) is 0 Å². The molecule has 0 aromatic heterocycles. The van der Waals surface area contributed by atoms with Gasteiger partial charge in [0.2, 0.25) is 0 Å². The third-order valence-electron chi connectivity index (χ3n) is 1.51. The number of amides is 3. The molecule has 1 aliphatic heterocycles. The first-order chi connectivity index (χ1) is 5.13. The Hall–Kier alpha value is -1.06. The molecule has 1 N–H and O–H groups in total. The Morgan fingerprint density at radius 2 is 1.82 bits per heavy atom. The molecule has 4 nitrogen and oxygen atoms in total. The van der Waals surface area contributed by atoms with Gasteiger partial charge in [-0.1, -0.05) is 13.8 Å². The fourth-order valence-electron chi connectivity index (χ4n) is 0.650. The molecule has 11 heavy (non-hydrogen) atoms. The molecule has 4 heteroatoms. The highest BCUT2D eigenvalue weighted by atomic mass is 16.2. The highest BCUT2D eigenvalue weighted by Gasteiger charge is 2.31. The van der Waals surface area contributed by atoms with Crippen LogP contribution in [0.15, 0.2) is 0 Å². The van der Waals surface area contributed by atoms with E-state index in [0.29, 0.717) is 0 Å². The first-order valence-electron chi connectivity index (χ1n) is 3.70. The fraction of sp³-hybridized carbons (Fsp3) is 0.714. The molecule has 0 spiro atoms. The molecular weight excluding hydrogens is 144 g/mol. The number of imide groups is 1. The van der Waals surface area contributed by atoms with E-state index in [1.807, 2.05) is 13.8 Å². The Balaban J connectivity index is 0.000000461. The predicted molar refractivity (Wildman–Crippen MR) is 42.1 cm³/mol. The number of nitrogens with zero attached hydrogens (tertiary/aromatic N) is 1. The minimum Gasteiger partial charge on any atom is -0.316 e. The van der Waals surface area contributed by atoms with Crippen molar-refractivity contribution in [3.63, 3.8) is 0 Å². The van der Waals surface area contributed by atoms with Crippen molar-refractivity contribution in [3.8, 4) is 0 Å². The topological polar surface area (TPSA) is 49.4 Å². The Labute approximate surface area is 66.6 Å². The lowest BCUT2D eigenvalue weighted by Crippen LogP contribution is -2.27. The number of carbonyl (C=O) groups excluding carboxylic acids is 2. The third kappa shape index (κ3) is 1.93. The second-order valence-corrected chi connectivity index (χ2v) is 2.08. The number of rotatable bonds is 0. The number of urea groups is 1. The summed E-state index contributed by atoms with van der Waals surface area (Å²) in [5, 5.41) is 2.16. The third-order valence-corrected chi connectivity index (χ3v) is 1.51. The second-order valence-electron chi connectivity index (χ2n) is 2.08. The molecule has 3 amide bonds. The second kappa shape index (κ2) is 3.95. The van der Waals surface area contributed by atoms with Crippen LogP contribution in [0, 0.1) is 0 Å². The molecule has 1 fully saturated rings. The molecule has 1 heterocycles. The van der Waals surface area contributed by atoms with E-state index < -0.39 is 0 Å². The molecule has 1 rings (SSSR count). The van der Waals surface area contributed by atoms with Crippen molar-refractivity contribution in [2.75, 3.05) is 7.05 Å². The van der Waals surface area contributed by atoms with Crippen molar-refractivity contribution >= 4 is 11.9 Å². The largest absolute Gasteiger partial charge is 0.324 e. The van der Waals surface area contributed by atoms with E-state index in [9.17, 15) is 9.59 Å². The average molecular weight is 158 g/mol. The van der Waals surface area contributed by atoms with Gasteiger partial charge in [-0.05, 0) is 6.92 Å². The maximum Gasteiger partial charge on any atom is 0.324 e. The highest BCUT2D eigenvalue weighted by molar-refractivity contribution is 6.03. The van der Waals surface area contributed by atoms with Crippen molar-refractivity contribution in [2.45, 2.75) is 26.8 Å². The van der Waals surface area contributed by atoms with Crippen LogP contribution in [0.1, 0.15) is 20.8 Å². The minimum atomic E-state index is -0.312. The van der Waals surface area contributed by atoms with Crippen LogP contribution in [-0.4, -0.2) is 29.9 Å². The molecule has 0 saturated carbocycles. The van der Waals surface area contributed by atoms with Gasteiger partial charge in [-0.25, -0.2) is 4.79 Å². The lowest BCUT2D eigenvalue weighted by molar-refractivity contribution is -0.120. The van der Waals surface area contributed by atoms with E-state index >= 15 is 0 Å². The van der Waals surface area contributed by atoms with Gasteiger partial charge in [0, 0.05) is 7.05 Å². The van der Waals surface area contributed by atoms with Crippen LogP contribution < -0.4 is 5.32 Å². The number of hydrogen-bond donors (Lipinski definition) is 1. The predicted octanol–water partition coefficient (Wildman–Crippen LogP) is 0.583. The Morgan fingerprint density at radius 1 is 1.36 bits per heavy atom. The summed E-state index contributed by atoms with van der Waals surface area (Å²) in [5.74, 6) is -0.220. The fourth-order valence-corrected chi connectivity index (χ4v) is 0.650. The molecule has 0 radical (unpaired) electrons. The number of nitrogens with one attached hydrogen (secondary N) is 1. The van der Waals surface area contributed by atoms with Gasteiger partial charge in [-0.2, -0.15) is 0 Å². The Morgan fingerprint density at radius 3 is 1.91 bits per heavy atom. The number of carbonyl (C=O) groups is 2. The summed E-state index contributed by atoms with van der Waals surface area (Å²) in [4.78, 5) is 22.6. The Kier molecular flexibility index (Phi) is 3.57. The molecule has 1 saturated heterocycles. The van der Waals surface area contributed by atoms with Gasteiger partial charge in [0.25, 0.3) is 5.91 Å². The van der Waals surface area contributed by atoms with Gasteiger partial charge < -0.3 is 4.90 Å². The molecule has 0 aliphatic carbocycles. The van der Waals surface area contributed by atoms with Crippen molar-refractivity contribution in [1.29, 1.82) is 0 Å². The first-order valence-corrected chi connectivity index (χ1v) is 3.70. The molecule has 64 valence electrons. The summed E-state index contributed by atoms with van der Waals surface area (Å²) in [6.07, 6.45) is 0. The van der Waals surface area contributed by atoms with Gasteiger partial charge in [0.1, 0.15) is 6.04 Å². The standard InChI is InChI=1S/C5H8N2O2.C2H6/c1-3-4(8)6-5(9)7(3)2;1-2/h3H,1-2H3,(H,6,8,9);1-2H3/t3-;/m1./s1. The molecule has 0 bridgehead atoms. The molecule has 0 aromatic rings. The van der Waals surface area contributed by atoms with Crippen LogP contribution in [0.25, 0.3) is 0 Å². The zero-order valence-electron chi connectivity index (χ0n) is 7.34. The van der Waals surface area contributed by atoms with Crippen LogP contribution in [0.3, 0.4) is 0 Å². The van der Waals surface area contributed by atoms with E-state index in [-0.39, 0.29) is 18.0 Å². The van der Waals surface area contributed by atoms with Crippen molar-refractivity contribution < 1.29 is 9.59 Å². The zero-order valence-corrected chi connectivity index (χ0v) is 7.34. The summed E-state index contributed by atoms with van der Waals surface area (Å²) in [6, 6.07) is -0.620. The minimum absolute atomic E-state index is 0.220. The maximum atomic E-state index is 10.6. The Bertz CT molecular complexity index is 150.